The van der Waals surface area contributed by atoms with Crippen LogP contribution in [0, 0.1) is 0 Å². The maximum Gasteiger partial charge on any atom is 0.526 e. The summed E-state index contributed by atoms with van der Waals surface area (Å²) < 4.78 is 10.7. The number of Topliss-reactive ketones (excluding diaryl/α,β-unsaturated/α-hetero) is 1. The zero-order valence-electron chi connectivity index (χ0n) is 15.0. The Morgan fingerprint density at radius 1 is 1.29 bits per heavy atom. The fourth-order valence-electron chi connectivity index (χ4n) is 3.16. The summed E-state index contributed by atoms with van der Waals surface area (Å²) in [6.45, 7) is 0.537. The van der Waals surface area contributed by atoms with E-state index in [2.05, 4.69) is 0 Å². The van der Waals surface area contributed by atoms with Crippen LogP contribution in [0.15, 0.2) is 36.4 Å². The first-order chi connectivity index (χ1) is 13.4. The number of fused-ring (bicyclic) bond motifs is 1. The van der Waals surface area contributed by atoms with Crippen LogP contribution in [0.25, 0.3) is 0 Å². The molecule has 0 aromatic heterocycles. The molecule has 1 heterocycles. The normalized spacial score (nSPS) is 15.5. The summed E-state index contributed by atoms with van der Waals surface area (Å²) in [5.41, 5.74) is 6.22. The van der Waals surface area contributed by atoms with Crippen LogP contribution in [0.1, 0.15) is 32.7 Å². The average molecular weight is 385 g/mol. The Kier molecular flexibility index (Phi) is 5.86. The van der Waals surface area contributed by atoms with Crippen molar-refractivity contribution in [2.75, 3.05) is 13.2 Å². The minimum absolute atomic E-state index is 0.0274. The highest BCUT2D eigenvalue weighted by molar-refractivity contribution is 6.47. The molecule has 146 valence electrons. The third kappa shape index (κ3) is 4.10. The summed E-state index contributed by atoms with van der Waals surface area (Å²) in [4.78, 5) is 23.9. The number of hydrogen-bond donors (Lipinski definition) is 4. The SMILES string of the molecule is NCCOc1ccc(C(=O)C[C@H]2Cc3cccc(C(=O)O)c3OB2O)cc1O. The van der Waals surface area contributed by atoms with Gasteiger partial charge in [-0.2, -0.15) is 0 Å². The molecule has 5 N–H and O–H groups in total. The van der Waals surface area contributed by atoms with E-state index in [0.717, 1.165) is 0 Å². The highest BCUT2D eigenvalue weighted by atomic mass is 16.5. The number of carbonyl (C=O) groups is 2. The third-order valence-electron chi connectivity index (χ3n) is 4.55. The lowest BCUT2D eigenvalue weighted by atomic mass is 9.64. The van der Waals surface area contributed by atoms with Gasteiger partial charge in [-0.15, -0.1) is 0 Å². The predicted molar refractivity (Wildman–Crippen MR) is 101 cm³/mol. The van der Waals surface area contributed by atoms with E-state index in [1.807, 2.05) is 0 Å². The Bertz CT molecular complexity index is 902. The van der Waals surface area contributed by atoms with Crippen LogP contribution in [0.3, 0.4) is 0 Å². The molecule has 0 radical (unpaired) electrons. The lowest BCUT2D eigenvalue weighted by Crippen LogP contribution is -2.35. The van der Waals surface area contributed by atoms with Crippen molar-refractivity contribution in [3.63, 3.8) is 0 Å². The number of phenols is 1. The monoisotopic (exact) mass is 385 g/mol. The van der Waals surface area contributed by atoms with Gasteiger partial charge in [-0.3, -0.25) is 4.79 Å². The Hall–Kier alpha value is -3.04. The van der Waals surface area contributed by atoms with Gasteiger partial charge in [0, 0.05) is 24.3 Å². The molecule has 0 spiro atoms. The molecule has 0 amide bonds. The van der Waals surface area contributed by atoms with Crippen molar-refractivity contribution in [1.29, 1.82) is 0 Å². The summed E-state index contributed by atoms with van der Waals surface area (Å²) in [6, 6.07) is 9.03. The van der Waals surface area contributed by atoms with Crippen molar-refractivity contribution < 1.29 is 34.2 Å². The number of ketones is 1. The van der Waals surface area contributed by atoms with Crippen LogP contribution in [0.4, 0.5) is 0 Å². The van der Waals surface area contributed by atoms with Gasteiger partial charge in [-0.05, 0) is 36.2 Å². The number of carboxylic acids is 1. The molecule has 2 aromatic rings. The van der Waals surface area contributed by atoms with Crippen molar-refractivity contribution in [3.05, 3.63) is 53.1 Å². The summed E-state index contributed by atoms with van der Waals surface area (Å²) >= 11 is 0. The lowest BCUT2D eigenvalue weighted by molar-refractivity contribution is 0.0693. The molecule has 1 atom stereocenters. The molecule has 0 saturated heterocycles. The molecule has 0 aliphatic carbocycles. The van der Waals surface area contributed by atoms with Crippen LogP contribution >= 0.6 is 0 Å². The molecule has 0 saturated carbocycles. The number of aromatic carboxylic acids is 1. The number of hydrogen-bond acceptors (Lipinski definition) is 7. The summed E-state index contributed by atoms with van der Waals surface area (Å²) in [5, 5.41) is 29.5. The van der Waals surface area contributed by atoms with Crippen molar-refractivity contribution in [3.8, 4) is 17.2 Å². The van der Waals surface area contributed by atoms with E-state index in [9.17, 15) is 24.8 Å². The summed E-state index contributed by atoms with van der Waals surface area (Å²) in [7, 11) is -1.31. The summed E-state index contributed by atoms with van der Waals surface area (Å²) in [5.74, 6) is -1.78. The first-order valence-electron chi connectivity index (χ1n) is 8.79. The van der Waals surface area contributed by atoms with Gasteiger partial charge < -0.3 is 30.4 Å². The number of phenolic OH excluding ortho intramolecular Hbond substituents is 1. The standard InChI is InChI=1S/C19H20BNO7/c21-6-7-27-17-5-4-11(9-16(17)23)15(22)10-13-8-12-2-1-3-14(19(24)25)18(12)28-20(13)26/h1-5,9,13,23,26H,6-8,10,21H2,(H,24,25)/t13-/m1/s1. The lowest BCUT2D eigenvalue weighted by Gasteiger charge is -2.28. The van der Waals surface area contributed by atoms with Gasteiger partial charge in [-0.1, -0.05) is 12.1 Å². The van der Waals surface area contributed by atoms with Crippen LogP contribution in [-0.2, 0) is 6.42 Å². The number of carboxylic acid groups (broad SMARTS) is 1. The second-order valence-corrected chi connectivity index (χ2v) is 6.52. The first kappa shape index (κ1) is 19.7. The Morgan fingerprint density at radius 2 is 2.07 bits per heavy atom. The maximum absolute atomic E-state index is 12.6. The number of para-hydroxylation sites is 1. The number of carbonyl (C=O) groups excluding carboxylic acids is 1. The van der Waals surface area contributed by atoms with Crippen molar-refractivity contribution >= 4 is 18.9 Å². The van der Waals surface area contributed by atoms with E-state index < -0.39 is 18.9 Å². The van der Waals surface area contributed by atoms with E-state index >= 15 is 0 Å². The third-order valence-corrected chi connectivity index (χ3v) is 4.55. The molecule has 0 unspecified atom stereocenters. The van der Waals surface area contributed by atoms with Crippen molar-refractivity contribution in [2.45, 2.75) is 18.7 Å². The van der Waals surface area contributed by atoms with Gasteiger partial charge >= 0.3 is 13.1 Å². The molecule has 0 bridgehead atoms. The van der Waals surface area contributed by atoms with Gasteiger partial charge in [0.2, 0.25) is 0 Å². The molecule has 1 aliphatic rings. The predicted octanol–water partition coefficient (Wildman–Crippen LogP) is 1.49. The van der Waals surface area contributed by atoms with Gasteiger partial charge in [0.25, 0.3) is 0 Å². The molecular formula is C19H20BNO7. The molecule has 3 rings (SSSR count). The van der Waals surface area contributed by atoms with Crippen LogP contribution < -0.4 is 15.1 Å². The van der Waals surface area contributed by atoms with Gasteiger partial charge in [0.1, 0.15) is 12.4 Å². The van der Waals surface area contributed by atoms with Gasteiger partial charge in [0.05, 0.1) is 5.56 Å². The fourth-order valence-corrected chi connectivity index (χ4v) is 3.16. The zero-order chi connectivity index (χ0) is 20.3. The number of ether oxygens (including phenoxy) is 1. The second-order valence-electron chi connectivity index (χ2n) is 6.52. The molecule has 1 aliphatic heterocycles. The van der Waals surface area contributed by atoms with E-state index in [0.29, 0.717) is 18.5 Å². The highest BCUT2D eigenvalue weighted by Crippen LogP contribution is 2.37. The van der Waals surface area contributed by atoms with E-state index in [1.165, 1.54) is 24.3 Å². The molecule has 8 nitrogen and oxygen atoms in total. The van der Waals surface area contributed by atoms with Crippen LogP contribution in [0.2, 0.25) is 5.82 Å². The quantitative estimate of drug-likeness (QED) is 0.415. The average Bonchev–Trinajstić information content (AvgIpc) is 2.67. The van der Waals surface area contributed by atoms with E-state index in [4.69, 9.17) is 15.1 Å². The molecule has 2 aromatic carbocycles. The van der Waals surface area contributed by atoms with Gasteiger partial charge in [0.15, 0.2) is 17.3 Å². The molecule has 0 fully saturated rings. The van der Waals surface area contributed by atoms with Crippen molar-refractivity contribution in [2.24, 2.45) is 5.73 Å². The van der Waals surface area contributed by atoms with E-state index in [-0.39, 0.29) is 47.2 Å². The molecular weight excluding hydrogens is 365 g/mol. The molecule has 9 heteroatoms. The zero-order valence-corrected chi connectivity index (χ0v) is 15.0. The number of benzene rings is 2. The minimum Gasteiger partial charge on any atom is -0.535 e. The van der Waals surface area contributed by atoms with Crippen LogP contribution in [-0.4, -0.2) is 47.3 Å². The minimum atomic E-state index is -1.31. The molecule has 28 heavy (non-hydrogen) atoms. The first-order valence-corrected chi connectivity index (χ1v) is 8.79. The largest absolute Gasteiger partial charge is 0.535 e. The van der Waals surface area contributed by atoms with Crippen molar-refractivity contribution in [1.82, 2.24) is 0 Å². The Balaban J connectivity index is 1.73. The smallest absolute Gasteiger partial charge is 0.526 e. The number of nitrogens with two attached hydrogens (primary N) is 1. The highest BCUT2D eigenvalue weighted by Gasteiger charge is 2.37. The van der Waals surface area contributed by atoms with Gasteiger partial charge in [-0.25, -0.2) is 4.79 Å². The van der Waals surface area contributed by atoms with Crippen LogP contribution in [0.5, 0.6) is 17.2 Å². The topological polar surface area (TPSA) is 139 Å². The second kappa shape index (κ2) is 8.32. The van der Waals surface area contributed by atoms with E-state index in [1.54, 1.807) is 12.1 Å². The number of rotatable bonds is 7. The fraction of sp³-hybridized carbons (Fsp3) is 0.263. The Morgan fingerprint density at radius 3 is 2.75 bits per heavy atom. The maximum atomic E-state index is 12.6. The Labute approximate surface area is 161 Å². The summed E-state index contributed by atoms with van der Waals surface area (Å²) in [6.07, 6.45) is 0.271. The number of aromatic hydroxyl groups is 1.